The lowest BCUT2D eigenvalue weighted by Crippen LogP contribution is -2.36. The number of nitrogens with one attached hydrogen (secondary N) is 1. The second-order valence-electron chi connectivity index (χ2n) is 5.38. The molecule has 2 heterocycles. The molecule has 6 heteroatoms. The van der Waals surface area contributed by atoms with Gasteiger partial charge in [-0.2, -0.15) is 0 Å². The van der Waals surface area contributed by atoms with Crippen molar-refractivity contribution >= 4 is 23.3 Å². The fourth-order valence-electron chi connectivity index (χ4n) is 2.71. The second-order valence-corrected chi connectivity index (χ2v) is 5.38. The Bertz CT molecular complexity index is 511. The van der Waals surface area contributed by atoms with Crippen LogP contribution in [0.5, 0.6) is 0 Å². The van der Waals surface area contributed by atoms with Gasteiger partial charge in [0.15, 0.2) is 0 Å². The fourth-order valence-corrected chi connectivity index (χ4v) is 2.71. The number of hydrogen-bond acceptors (Lipinski definition) is 4. The summed E-state index contributed by atoms with van der Waals surface area (Å²) in [5.41, 5.74) is 6.10. The Labute approximate surface area is 124 Å². The number of carbonyl (C=O) groups excluding carboxylic acids is 2. The molecule has 1 aliphatic heterocycles. The first kappa shape index (κ1) is 15.3. The van der Waals surface area contributed by atoms with Gasteiger partial charge in [0, 0.05) is 19.0 Å². The first-order valence-corrected chi connectivity index (χ1v) is 7.37. The molecule has 114 valence electrons. The topological polar surface area (TPSA) is 88.3 Å². The summed E-state index contributed by atoms with van der Waals surface area (Å²) in [5.74, 6) is 0.0438. The highest BCUT2D eigenvalue weighted by Gasteiger charge is 2.36. The molecule has 21 heavy (non-hydrogen) atoms. The zero-order valence-corrected chi connectivity index (χ0v) is 12.5. The number of likely N-dealkylation sites (tertiary alicyclic amines) is 1. The highest BCUT2D eigenvalue weighted by molar-refractivity contribution is 5.97. The predicted octanol–water partition coefficient (Wildman–Crippen LogP) is 1.64. The van der Waals surface area contributed by atoms with E-state index < -0.39 is 0 Å². The molecule has 0 aliphatic carbocycles. The average Bonchev–Trinajstić information content (AvgIpc) is 2.85. The SMILES string of the molecule is CCC(CC)N1CC(C(=O)Nc2ccc(N)nc2)CC1=O. The Morgan fingerprint density at radius 2 is 2.19 bits per heavy atom. The van der Waals surface area contributed by atoms with Gasteiger partial charge in [0.1, 0.15) is 5.82 Å². The lowest BCUT2D eigenvalue weighted by molar-refractivity contribution is -0.130. The van der Waals surface area contributed by atoms with Gasteiger partial charge in [-0.15, -0.1) is 0 Å². The molecular weight excluding hydrogens is 268 g/mol. The zero-order chi connectivity index (χ0) is 15.4. The maximum absolute atomic E-state index is 12.2. The van der Waals surface area contributed by atoms with Crippen molar-refractivity contribution in [1.29, 1.82) is 0 Å². The smallest absolute Gasteiger partial charge is 0.229 e. The molecule has 2 amide bonds. The van der Waals surface area contributed by atoms with Gasteiger partial charge < -0.3 is 16.0 Å². The number of amides is 2. The summed E-state index contributed by atoms with van der Waals surface area (Å²) in [4.78, 5) is 30.1. The Hall–Kier alpha value is -2.11. The van der Waals surface area contributed by atoms with E-state index in [1.54, 1.807) is 12.1 Å². The van der Waals surface area contributed by atoms with E-state index in [0.29, 0.717) is 18.1 Å². The molecule has 1 aromatic heterocycles. The van der Waals surface area contributed by atoms with E-state index in [1.165, 1.54) is 6.20 Å². The van der Waals surface area contributed by atoms with Crippen LogP contribution in [0.3, 0.4) is 0 Å². The molecule has 1 aliphatic rings. The van der Waals surface area contributed by atoms with E-state index >= 15 is 0 Å². The van der Waals surface area contributed by atoms with Crippen molar-refractivity contribution in [2.75, 3.05) is 17.6 Å². The maximum Gasteiger partial charge on any atom is 0.229 e. The maximum atomic E-state index is 12.2. The molecule has 1 saturated heterocycles. The normalized spacial score (nSPS) is 18.3. The Morgan fingerprint density at radius 1 is 1.48 bits per heavy atom. The van der Waals surface area contributed by atoms with E-state index in [0.717, 1.165) is 12.8 Å². The van der Waals surface area contributed by atoms with Crippen LogP contribution in [-0.4, -0.2) is 34.3 Å². The average molecular weight is 290 g/mol. The van der Waals surface area contributed by atoms with Crippen molar-refractivity contribution in [2.24, 2.45) is 5.92 Å². The van der Waals surface area contributed by atoms with Crippen LogP contribution in [-0.2, 0) is 9.59 Å². The van der Waals surface area contributed by atoms with E-state index in [2.05, 4.69) is 24.1 Å². The van der Waals surface area contributed by atoms with Gasteiger partial charge in [-0.25, -0.2) is 4.98 Å². The third-order valence-corrected chi connectivity index (χ3v) is 3.97. The minimum Gasteiger partial charge on any atom is -0.384 e. The summed E-state index contributed by atoms with van der Waals surface area (Å²) in [5, 5.41) is 2.79. The van der Waals surface area contributed by atoms with Crippen LogP contribution < -0.4 is 11.1 Å². The minimum atomic E-state index is -0.296. The quantitative estimate of drug-likeness (QED) is 0.863. The van der Waals surface area contributed by atoms with Crippen molar-refractivity contribution < 1.29 is 9.59 Å². The van der Waals surface area contributed by atoms with Gasteiger partial charge in [-0.05, 0) is 25.0 Å². The van der Waals surface area contributed by atoms with E-state index in [9.17, 15) is 9.59 Å². The van der Waals surface area contributed by atoms with Crippen LogP contribution in [0.25, 0.3) is 0 Å². The lowest BCUT2D eigenvalue weighted by atomic mass is 10.1. The molecule has 0 radical (unpaired) electrons. The highest BCUT2D eigenvalue weighted by atomic mass is 16.2. The molecule has 1 unspecified atom stereocenters. The van der Waals surface area contributed by atoms with Crippen LogP contribution in [0, 0.1) is 5.92 Å². The number of pyridine rings is 1. The fraction of sp³-hybridized carbons (Fsp3) is 0.533. The zero-order valence-electron chi connectivity index (χ0n) is 12.5. The molecular formula is C15H22N4O2. The first-order valence-electron chi connectivity index (χ1n) is 7.37. The van der Waals surface area contributed by atoms with Crippen LogP contribution in [0.2, 0.25) is 0 Å². The summed E-state index contributed by atoms with van der Waals surface area (Å²) in [6, 6.07) is 3.56. The molecule has 0 bridgehead atoms. The Kier molecular flexibility index (Phi) is 4.77. The number of nitrogens with two attached hydrogens (primary N) is 1. The monoisotopic (exact) mass is 290 g/mol. The van der Waals surface area contributed by atoms with E-state index in [1.807, 2.05) is 4.90 Å². The molecule has 0 saturated carbocycles. The number of nitrogens with zero attached hydrogens (tertiary/aromatic N) is 2. The number of carbonyl (C=O) groups is 2. The third-order valence-electron chi connectivity index (χ3n) is 3.97. The largest absolute Gasteiger partial charge is 0.384 e. The second kappa shape index (κ2) is 6.56. The summed E-state index contributed by atoms with van der Waals surface area (Å²) >= 11 is 0. The standard InChI is InChI=1S/C15H22N4O2/c1-3-12(4-2)19-9-10(7-14(19)20)15(21)18-11-5-6-13(16)17-8-11/h5-6,8,10,12H,3-4,7,9H2,1-2H3,(H2,16,17)(H,18,21). The van der Waals surface area contributed by atoms with Gasteiger partial charge in [-0.3, -0.25) is 9.59 Å². The number of hydrogen-bond donors (Lipinski definition) is 2. The Morgan fingerprint density at radius 3 is 2.76 bits per heavy atom. The molecule has 0 spiro atoms. The molecule has 1 aromatic rings. The minimum absolute atomic E-state index is 0.0688. The highest BCUT2D eigenvalue weighted by Crippen LogP contribution is 2.24. The summed E-state index contributed by atoms with van der Waals surface area (Å²) in [6.07, 6.45) is 3.63. The van der Waals surface area contributed by atoms with Crippen LogP contribution in [0.15, 0.2) is 18.3 Å². The van der Waals surface area contributed by atoms with Crippen molar-refractivity contribution in [3.8, 4) is 0 Å². The van der Waals surface area contributed by atoms with E-state index in [4.69, 9.17) is 5.73 Å². The number of aromatic nitrogens is 1. The number of rotatable bonds is 5. The summed E-state index contributed by atoms with van der Waals surface area (Å²) in [7, 11) is 0. The first-order chi connectivity index (χ1) is 10.0. The third kappa shape index (κ3) is 3.51. The van der Waals surface area contributed by atoms with Gasteiger partial charge in [0.05, 0.1) is 17.8 Å². The van der Waals surface area contributed by atoms with Crippen molar-refractivity contribution in [1.82, 2.24) is 9.88 Å². The van der Waals surface area contributed by atoms with Gasteiger partial charge in [-0.1, -0.05) is 13.8 Å². The molecule has 6 nitrogen and oxygen atoms in total. The van der Waals surface area contributed by atoms with Gasteiger partial charge in [0.2, 0.25) is 11.8 Å². The van der Waals surface area contributed by atoms with Crippen LogP contribution >= 0.6 is 0 Å². The van der Waals surface area contributed by atoms with Gasteiger partial charge in [0.25, 0.3) is 0 Å². The van der Waals surface area contributed by atoms with Crippen molar-refractivity contribution in [3.63, 3.8) is 0 Å². The molecule has 1 fully saturated rings. The molecule has 1 atom stereocenters. The number of anilines is 2. The summed E-state index contributed by atoms with van der Waals surface area (Å²) in [6.45, 7) is 4.63. The Balaban J connectivity index is 1.98. The van der Waals surface area contributed by atoms with Crippen molar-refractivity contribution in [3.05, 3.63) is 18.3 Å². The van der Waals surface area contributed by atoms with Crippen LogP contribution in [0.1, 0.15) is 33.1 Å². The van der Waals surface area contributed by atoms with E-state index in [-0.39, 0.29) is 30.2 Å². The van der Waals surface area contributed by atoms with Crippen LogP contribution in [0.4, 0.5) is 11.5 Å². The van der Waals surface area contributed by atoms with Gasteiger partial charge >= 0.3 is 0 Å². The summed E-state index contributed by atoms with van der Waals surface area (Å²) < 4.78 is 0. The molecule has 2 rings (SSSR count). The lowest BCUT2D eigenvalue weighted by Gasteiger charge is -2.26. The number of nitrogen functional groups attached to an aromatic ring is 1. The predicted molar refractivity (Wildman–Crippen MR) is 81.5 cm³/mol. The molecule has 3 N–H and O–H groups in total. The molecule has 0 aromatic carbocycles. The van der Waals surface area contributed by atoms with Crippen molar-refractivity contribution in [2.45, 2.75) is 39.2 Å².